The van der Waals surface area contributed by atoms with E-state index in [1.165, 1.54) is 9.08 Å². The molecule has 3 aromatic rings. The molecule has 9 heteroatoms. The molecule has 0 unspecified atom stereocenters. The molecule has 0 saturated carbocycles. The van der Waals surface area contributed by atoms with Crippen LogP contribution in [0, 0.1) is 5.92 Å². The molecular formula is C23H27FN6O2. The maximum absolute atomic E-state index is 13.1. The Labute approximate surface area is 185 Å². The molecule has 5 heterocycles. The van der Waals surface area contributed by atoms with Crippen molar-refractivity contribution in [2.24, 2.45) is 5.92 Å². The van der Waals surface area contributed by atoms with E-state index in [4.69, 9.17) is 0 Å². The van der Waals surface area contributed by atoms with E-state index >= 15 is 0 Å². The van der Waals surface area contributed by atoms with Crippen molar-refractivity contribution in [3.8, 4) is 0 Å². The number of pyridine rings is 2. The van der Waals surface area contributed by atoms with Gasteiger partial charge in [0, 0.05) is 56.2 Å². The van der Waals surface area contributed by atoms with Crippen LogP contribution >= 0.6 is 0 Å². The van der Waals surface area contributed by atoms with Crippen molar-refractivity contribution in [1.29, 1.82) is 0 Å². The third kappa shape index (κ3) is 3.55. The minimum Gasteiger partial charge on any atom is -0.338 e. The van der Waals surface area contributed by atoms with Gasteiger partial charge < -0.3 is 9.80 Å². The molecule has 1 atom stereocenters. The summed E-state index contributed by atoms with van der Waals surface area (Å²) in [6.07, 6.45) is 6.83. The van der Waals surface area contributed by atoms with Gasteiger partial charge in [-0.2, -0.15) is 0 Å². The summed E-state index contributed by atoms with van der Waals surface area (Å²) < 4.78 is 16.1. The van der Waals surface area contributed by atoms with Crippen LogP contribution in [0.4, 0.5) is 15.9 Å². The van der Waals surface area contributed by atoms with Crippen LogP contribution in [0.1, 0.15) is 42.1 Å². The summed E-state index contributed by atoms with van der Waals surface area (Å²) in [5.41, 5.74) is 2.95. The molecule has 1 amide bonds. The third-order valence-electron chi connectivity index (χ3n) is 6.48. The number of aromatic nitrogens is 4. The Balaban J connectivity index is 1.44. The number of halogens is 1. The van der Waals surface area contributed by atoms with Crippen molar-refractivity contribution in [1.82, 2.24) is 24.1 Å². The van der Waals surface area contributed by atoms with Crippen LogP contribution in [0.5, 0.6) is 0 Å². The molecule has 0 aromatic carbocycles. The molecule has 0 spiro atoms. The van der Waals surface area contributed by atoms with E-state index < -0.39 is 0 Å². The number of nitrogens with zero attached hydrogens (tertiary/aromatic N) is 6. The van der Waals surface area contributed by atoms with Crippen molar-refractivity contribution in [2.45, 2.75) is 39.2 Å². The highest BCUT2D eigenvalue weighted by Gasteiger charge is 2.27. The first kappa shape index (κ1) is 20.7. The number of carbonyl (C=O) groups excluding carboxylic acids is 1. The predicted octanol–water partition coefficient (Wildman–Crippen LogP) is 2.82. The number of rotatable bonds is 4. The summed E-state index contributed by atoms with van der Waals surface area (Å²) in [6.45, 7) is 3.97. The zero-order valence-corrected chi connectivity index (χ0v) is 18.2. The van der Waals surface area contributed by atoms with Crippen LogP contribution < -0.4 is 10.6 Å². The first-order chi connectivity index (χ1) is 15.6. The van der Waals surface area contributed by atoms with Gasteiger partial charge in [-0.25, -0.2) is 14.5 Å². The lowest BCUT2D eigenvalue weighted by Gasteiger charge is -2.33. The summed E-state index contributed by atoms with van der Waals surface area (Å²) in [7, 11) is 0. The molecule has 2 aliphatic heterocycles. The number of aryl methyl sites for hydroxylation is 2. The SMILES string of the molecule is CCn1nc2cc(N3CCCc4cc(C(=O)N5CCC[C@H](CF)C5)cnc43)ccn2c1=O. The van der Waals surface area contributed by atoms with Gasteiger partial charge in [0.2, 0.25) is 0 Å². The molecule has 3 aromatic heterocycles. The van der Waals surface area contributed by atoms with E-state index in [0.29, 0.717) is 30.8 Å². The third-order valence-corrected chi connectivity index (χ3v) is 6.48. The van der Waals surface area contributed by atoms with Crippen molar-refractivity contribution in [2.75, 3.05) is 31.2 Å². The minimum atomic E-state index is -0.381. The molecule has 32 heavy (non-hydrogen) atoms. The molecule has 0 bridgehead atoms. The highest BCUT2D eigenvalue weighted by molar-refractivity contribution is 5.94. The first-order valence-corrected chi connectivity index (χ1v) is 11.3. The number of amides is 1. The number of anilines is 2. The average Bonchev–Trinajstić information content (AvgIpc) is 3.17. The minimum absolute atomic E-state index is 0.0626. The van der Waals surface area contributed by atoms with Crippen LogP contribution in [0.2, 0.25) is 0 Å². The van der Waals surface area contributed by atoms with E-state index in [1.807, 2.05) is 25.1 Å². The van der Waals surface area contributed by atoms with Gasteiger partial charge >= 0.3 is 5.69 Å². The topological polar surface area (TPSA) is 75.7 Å². The van der Waals surface area contributed by atoms with Gasteiger partial charge in [0.05, 0.1) is 12.2 Å². The van der Waals surface area contributed by atoms with E-state index in [0.717, 1.165) is 49.3 Å². The summed E-state index contributed by atoms with van der Waals surface area (Å²) >= 11 is 0. The number of hydrogen-bond acceptors (Lipinski definition) is 5. The molecule has 8 nitrogen and oxygen atoms in total. The lowest BCUT2D eigenvalue weighted by Crippen LogP contribution is -2.40. The standard InChI is InChI=1S/C23H27FN6O2/c1-2-30-23(32)29-10-7-19(12-20(29)26-30)28-9-4-6-17-11-18(14-25-21(17)28)22(31)27-8-3-5-16(13-24)15-27/h7,10-12,14,16H,2-6,8-9,13,15H2,1H3/t16-/m1/s1. The number of piperidine rings is 1. The summed E-state index contributed by atoms with van der Waals surface area (Å²) in [5, 5.41) is 4.39. The van der Waals surface area contributed by atoms with E-state index in [2.05, 4.69) is 15.0 Å². The maximum atomic E-state index is 13.1. The van der Waals surface area contributed by atoms with Gasteiger partial charge in [-0.1, -0.05) is 0 Å². The molecule has 0 N–H and O–H groups in total. The van der Waals surface area contributed by atoms with Crippen LogP contribution in [0.15, 0.2) is 35.4 Å². The Hall–Kier alpha value is -3.23. The predicted molar refractivity (Wildman–Crippen MR) is 119 cm³/mol. The monoisotopic (exact) mass is 438 g/mol. The second-order valence-electron chi connectivity index (χ2n) is 8.59. The van der Waals surface area contributed by atoms with Crippen molar-refractivity contribution < 1.29 is 9.18 Å². The number of alkyl halides is 1. The highest BCUT2D eigenvalue weighted by atomic mass is 19.1. The average molecular weight is 439 g/mol. The van der Waals surface area contributed by atoms with Gasteiger partial charge in [-0.3, -0.25) is 13.6 Å². The van der Waals surface area contributed by atoms with E-state index in [9.17, 15) is 14.0 Å². The first-order valence-electron chi connectivity index (χ1n) is 11.3. The van der Waals surface area contributed by atoms with Gasteiger partial charge in [0.1, 0.15) is 5.82 Å². The number of hydrogen-bond donors (Lipinski definition) is 0. The lowest BCUT2D eigenvalue weighted by atomic mass is 9.98. The Bertz CT molecular complexity index is 1220. The van der Waals surface area contributed by atoms with Gasteiger partial charge in [-0.05, 0) is 50.3 Å². The molecule has 1 fully saturated rings. The molecule has 1 saturated heterocycles. The van der Waals surface area contributed by atoms with Gasteiger partial charge in [-0.15, -0.1) is 5.10 Å². The maximum Gasteiger partial charge on any atom is 0.350 e. The highest BCUT2D eigenvalue weighted by Crippen LogP contribution is 2.33. The van der Waals surface area contributed by atoms with E-state index in [1.54, 1.807) is 17.3 Å². The second-order valence-corrected chi connectivity index (χ2v) is 8.59. The fraction of sp³-hybridized carbons (Fsp3) is 0.478. The molecular weight excluding hydrogens is 411 g/mol. The van der Waals surface area contributed by atoms with Gasteiger partial charge in [0.25, 0.3) is 5.91 Å². The number of fused-ring (bicyclic) bond motifs is 2. The van der Waals surface area contributed by atoms with Crippen LogP contribution in [0.3, 0.4) is 0 Å². The summed E-state index contributed by atoms with van der Waals surface area (Å²) in [5.74, 6) is 0.698. The molecule has 5 rings (SSSR count). The quantitative estimate of drug-likeness (QED) is 0.626. The van der Waals surface area contributed by atoms with Crippen molar-refractivity contribution in [3.05, 3.63) is 52.2 Å². The lowest BCUT2D eigenvalue weighted by molar-refractivity contribution is 0.0656. The Kier molecular flexibility index (Phi) is 5.40. The van der Waals surface area contributed by atoms with Crippen LogP contribution in [0.25, 0.3) is 5.65 Å². The summed E-state index contributed by atoms with van der Waals surface area (Å²) in [4.78, 5) is 33.8. The van der Waals surface area contributed by atoms with Gasteiger partial charge in [0.15, 0.2) is 5.65 Å². The Morgan fingerprint density at radius 3 is 2.94 bits per heavy atom. The summed E-state index contributed by atoms with van der Waals surface area (Å²) in [6, 6.07) is 5.73. The molecule has 2 aliphatic rings. The van der Waals surface area contributed by atoms with Crippen LogP contribution in [-0.2, 0) is 13.0 Å². The van der Waals surface area contributed by atoms with E-state index in [-0.39, 0.29) is 24.2 Å². The van der Waals surface area contributed by atoms with Crippen LogP contribution in [-0.4, -0.2) is 56.3 Å². The molecule has 0 aliphatic carbocycles. The Morgan fingerprint density at radius 2 is 2.12 bits per heavy atom. The number of carbonyl (C=O) groups is 1. The van der Waals surface area contributed by atoms with Crippen molar-refractivity contribution in [3.63, 3.8) is 0 Å². The molecule has 0 radical (unpaired) electrons. The Morgan fingerprint density at radius 1 is 1.25 bits per heavy atom. The zero-order valence-electron chi connectivity index (χ0n) is 18.2. The zero-order chi connectivity index (χ0) is 22.2. The fourth-order valence-corrected chi connectivity index (χ4v) is 4.77. The fourth-order valence-electron chi connectivity index (χ4n) is 4.77. The number of likely N-dealkylation sites (tertiary alicyclic amines) is 1. The van der Waals surface area contributed by atoms with Crippen molar-refractivity contribution >= 4 is 23.1 Å². The second kappa shape index (κ2) is 8.37. The normalized spacial score (nSPS) is 18.8. The largest absolute Gasteiger partial charge is 0.350 e. The smallest absolute Gasteiger partial charge is 0.338 e. The molecule has 168 valence electrons.